The molecule has 2 atom stereocenters. The second kappa shape index (κ2) is 6.78. The molecule has 0 aromatic carbocycles. The van der Waals surface area contributed by atoms with Crippen molar-refractivity contribution in [2.45, 2.75) is 52.5 Å². The lowest BCUT2D eigenvalue weighted by atomic mass is 9.75. The highest BCUT2D eigenvalue weighted by molar-refractivity contribution is 5.42. The van der Waals surface area contributed by atoms with Crippen LogP contribution in [0.5, 0.6) is 0 Å². The molecule has 1 N–H and O–H groups in total. The lowest BCUT2D eigenvalue weighted by Crippen LogP contribution is -2.42. The number of rotatable bonds is 4. The van der Waals surface area contributed by atoms with E-state index in [-0.39, 0.29) is 0 Å². The van der Waals surface area contributed by atoms with Crippen LogP contribution in [0.4, 0.5) is 5.82 Å². The highest BCUT2D eigenvalue weighted by atomic mass is 15.2. The molecule has 1 aliphatic heterocycles. The van der Waals surface area contributed by atoms with Gasteiger partial charge < -0.3 is 10.2 Å². The quantitative estimate of drug-likeness (QED) is 0.918. The molecule has 0 radical (unpaired) electrons. The first-order chi connectivity index (χ1) is 10.3. The molecule has 0 spiro atoms. The van der Waals surface area contributed by atoms with Crippen LogP contribution in [0.2, 0.25) is 0 Å². The number of hydrogen-bond donors (Lipinski definition) is 1. The summed E-state index contributed by atoms with van der Waals surface area (Å²) >= 11 is 0. The maximum Gasteiger partial charge on any atom is 0.128 e. The van der Waals surface area contributed by atoms with Gasteiger partial charge in [-0.15, -0.1) is 0 Å². The zero-order valence-electron chi connectivity index (χ0n) is 13.6. The van der Waals surface area contributed by atoms with Gasteiger partial charge >= 0.3 is 0 Å². The second-order valence-corrected chi connectivity index (χ2v) is 6.73. The molecule has 21 heavy (non-hydrogen) atoms. The summed E-state index contributed by atoms with van der Waals surface area (Å²) in [6.45, 7) is 8.65. The predicted octanol–water partition coefficient (Wildman–Crippen LogP) is 3.52. The Labute approximate surface area is 129 Å². The fourth-order valence-corrected chi connectivity index (χ4v) is 4.01. The van der Waals surface area contributed by atoms with E-state index in [1.807, 2.05) is 0 Å². The van der Waals surface area contributed by atoms with Gasteiger partial charge in [-0.3, -0.25) is 0 Å². The van der Waals surface area contributed by atoms with Crippen LogP contribution >= 0.6 is 0 Å². The molecule has 2 fully saturated rings. The average molecular weight is 287 g/mol. The van der Waals surface area contributed by atoms with Crippen LogP contribution < -0.4 is 10.2 Å². The molecule has 3 nitrogen and oxygen atoms in total. The maximum absolute atomic E-state index is 4.87. The summed E-state index contributed by atoms with van der Waals surface area (Å²) in [5, 5.41) is 3.39. The minimum Gasteiger partial charge on any atom is -0.356 e. The molecule has 1 aromatic heterocycles. The first kappa shape index (κ1) is 14.8. The Kier molecular flexibility index (Phi) is 4.79. The molecular weight excluding hydrogens is 258 g/mol. The van der Waals surface area contributed by atoms with Gasteiger partial charge in [0, 0.05) is 25.3 Å². The Hall–Kier alpha value is -1.09. The summed E-state index contributed by atoms with van der Waals surface area (Å²) in [6.07, 6.45) is 7.15. The Morgan fingerprint density at radius 3 is 2.76 bits per heavy atom. The van der Waals surface area contributed by atoms with Crippen LogP contribution in [-0.2, 0) is 6.54 Å². The molecular formula is C18H29N3. The minimum absolute atomic E-state index is 0.913. The molecule has 2 aliphatic rings. The van der Waals surface area contributed by atoms with Crippen LogP contribution in [0.3, 0.4) is 0 Å². The van der Waals surface area contributed by atoms with Gasteiger partial charge in [-0.25, -0.2) is 4.98 Å². The van der Waals surface area contributed by atoms with Gasteiger partial charge in [0.05, 0.1) is 0 Å². The van der Waals surface area contributed by atoms with Crippen molar-refractivity contribution in [3.05, 3.63) is 23.4 Å². The zero-order valence-corrected chi connectivity index (χ0v) is 13.6. The summed E-state index contributed by atoms with van der Waals surface area (Å²) in [6, 6.07) is 4.48. The van der Waals surface area contributed by atoms with E-state index < -0.39 is 0 Å². The average Bonchev–Trinajstić information content (AvgIpc) is 2.53. The molecule has 2 unspecified atom stereocenters. The van der Waals surface area contributed by atoms with Crippen LogP contribution in [-0.4, -0.2) is 24.6 Å². The molecule has 2 heterocycles. The third-order valence-electron chi connectivity index (χ3n) is 5.36. The Balaban J connectivity index is 1.67. The molecule has 0 amide bonds. The molecule has 1 saturated carbocycles. The number of nitrogens with zero attached hydrogens (tertiary/aromatic N) is 2. The van der Waals surface area contributed by atoms with Crippen molar-refractivity contribution in [2.24, 2.45) is 11.8 Å². The second-order valence-electron chi connectivity index (χ2n) is 6.73. The number of nitrogens with one attached hydrogen (secondary N) is 1. The summed E-state index contributed by atoms with van der Waals surface area (Å²) in [4.78, 5) is 7.40. The van der Waals surface area contributed by atoms with Crippen molar-refractivity contribution in [2.75, 3.05) is 24.5 Å². The monoisotopic (exact) mass is 287 g/mol. The molecule has 3 heteroatoms. The van der Waals surface area contributed by atoms with Gasteiger partial charge in [0.2, 0.25) is 0 Å². The van der Waals surface area contributed by atoms with Crippen LogP contribution in [0.1, 0.15) is 50.3 Å². The topological polar surface area (TPSA) is 28.2 Å². The highest BCUT2D eigenvalue weighted by Gasteiger charge is 2.31. The van der Waals surface area contributed by atoms with Gasteiger partial charge in [-0.2, -0.15) is 0 Å². The van der Waals surface area contributed by atoms with E-state index in [1.165, 1.54) is 62.3 Å². The summed E-state index contributed by atoms with van der Waals surface area (Å²) < 4.78 is 0. The van der Waals surface area contributed by atoms with E-state index in [0.717, 1.165) is 24.9 Å². The van der Waals surface area contributed by atoms with Gasteiger partial charge in [0.25, 0.3) is 0 Å². The van der Waals surface area contributed by atoms with Crippen molar-refractivity contribution < 1.29 is 0 Å². The fraction of sp³-hybridized carbons (Fsp3) is 0.722. The third kappa shape index (κ3) is 3.39. The van der Waals surface area contributed by atoms with Crippen molar-refractivity contribution >= 4 is 5.82 Å². The van der Waals surface area contributed by atoms with E-state index in [2.05, 4.69) is 36.2 Å². The number of aryl methyl sites for hydroxylation is 1. The largest absolute Gasteiger partial charge is 0.356 e. The number of piperidine rings is 1. The summed E-state index contributed by atoms with van der Waals surface area (Å²) in [7, 11) is 0. The number of pyridine rings is 1. The number of fused-ring (bicyclic) bond motifs is 1. The smallest absolute Gasteiger partial charge is 0.128 e. The zero-order chi connectivity index (χ0) is 14.7. The summed E-state index contributed by atoms with van der Waals surface area (Å²) in [5.41, 5.74) is 2.51. The molecule has 116 valence electrons. The van der Waals surface area contributed by atoms with Gasteiger partial charge in [-0.05, 0) is 49.8 Å². The molecule has 0 bridgehead atoms. The summed E-state index contributed by atoms with van der Waals surface area (Å²) in [5.74, 6) is 3.09. The lowest BCUT2D eigenvalue weighted by molar-refractivity contribution is 0.202. The normalized spacial score (nSPS) is 25.7. The fourth-order valence-electron chi connectivity index (χ4n) is 4.01. The van der Waals surface area contributed by atoms with Crippen molar-refractivity contribution in [1.29, 1.82) is 0 Å². The number of anilines is 1. The standard InChI is InChI=1S/C18H29N3/c1-3-19-12-16-8-9-18(20-14(16)2)21-11-10-15-6-4-5-7-17(15)13-21/h8-9,15,17,19H,3-7,10-13H2,1-2H3. The lowest BCUT2D eigenvalue weighted by Gasteiger charge is -2.41. The Bertz CT molecular complexity index is 472. The van der Waals surface area contributed by atoms with Crippen LogP contribution in [0.15, 0.2) is 12.1 Å². The minimum atomic E-state index is 0.913. The van der Waals surface area contributed by atoms with Crippen molar-refractivity contribution in [3.8, 4) is 0 Å². The molecule has 1 saturated heterocycles. The highest BCUT2D eigenvalue weighted by Crippen LogP contribution is 2.37. The third-order valence-corrected chi connectivity index (χ3v) is 5.36. The van der Waals surface area contributed by atoms with Gasteiger partial charge in [-0.1, -0.05) is 32.3 Å². The van der Waals surface area contributed by atoms with E-state index in [9.17, 15) is 0 Å². The Morgan fingerprint density at radius 2 is 2.00 bits per heavy atom. The van der Waals surface area contributed by atoms with Crippen LogP contribution in [0.25, 0.3) is 0 Å². The predicted molar refractivity (Wildman–Crippen MR) is 88.6 cm³/mol. The maximum atomic E-state index is 4.87. The van der Waals surface area contributed by atoms with Gasteiger partial charge in [0.1, 0.15) is 5.82 Å². The number of hydrogen-bond acceptors (Lipinski definition) is 3. The van der Waals surface area contributed by atoms with Crippen molar-refractivity contribution in [1.82, 2.24) is 10.3 Å². The van der Waals surface area contributed by atoms with E-state index >= 15 is 0 Å². The van der Waals surface area contributed by atoms with E-state index in [1.54, 1.807) is 0 Å². The van der Waals surface area contributed by atoms with Gasteiger partial charge in [0.15, 0.2) is 0 Å². The SMILES string of the molecule is CCNCc1ccc(N2CCC3CCCCC3C2)nc1C. The first-order valence-corrected chi connectivity index (χ1v) is 8.70. The molecule has 3 rings (SSSR count). The molecule has 1 aliphatic carbocycles. The number of aromatic nitrogens is 1. The van der Waals surface area contributed by atoms with Crippen molar-refractivity contribution in [3.63, 3.8) is 0 Å². The van der Waals surface area contributed by atoms with E-state index in [4.69, 9.17) is 4.98 Å². The molecule has 1 aromatic rings. The van der Waals surface area contributed by atoms with Crippen LogP contribution in [0, 0.1) is 18.8 Å². The van der Waals surface area contributed by atoms with E-state index in [0.29, 0.717) is 0 Å². The Morgan fingerprint density at radius 1 is 1.19 bits per heavy atom. The first-order valence-electron chi connectivity index (χ1n) is 8.70.